The van der Waals surface area contributed by atoms with E-state index in [0.717, 1.165) is 16.6 Å². The van der Waals surface area contributed by atoms with Crippen LogP contribution in [0.2, 0.25) is 5.02 Å². The highest BCUT2D eigenvalue weighted by molar-refractivity contribution is 6.34. The van der Waals surface area contributed by atoms with E-state index in [4.69, 9.17) is 16.3 Å². The third-order valence-corrected chi connectivity index (χ3v) is 5.38. The first-order valence-corrected chi connectivity index (χ1v) is 9.99. The number of halogens is 1. The lowest BCUT2D eigenvalue weighted by molar-refractivity contribution is -0.255. The van der Waals surface area contributed by atoms with Gasteiger partial charge in [0, 0.05) is 11.1 Å². The van der Waals surface area contributed by atoms with Crippen molar-refractivity contribution in [1.82, 2.24) is 9.97 Å². The van der Waals surface area contributed by atoms with E-state index in [-0.39, 0.29) is 11.6 Å². The number of aryl methyl sites for hydroxylation is 1. The number of aromatic amines is 1. The van der Waals surface area contributed by atoms with Crippen LogP contribution in [-0.4, -0.2) is 15.9 Å². The predicted molar refractivity (Wildman–Crippen MR) is 116 cm³/mol. The molecule has 1 heterocycles. The molecular formula is C24H20ClN2O3-. The van der Waals surface area contributed by atoms with Gasteiger partial charge in [-0.3, -0.25) is 0 Å². The minimum absolute atomic E-state index is 0.0826. The van der Waals surface area contributed by atoms with Crippen LogP contribution in [0.5, 0.6) is 11.8 Å². The molecule has 152 valence electrons. The molecule has 0 aliphatic rings. The van der Waals surface area contributed by atoms with E-state index in [9.17, 15) is 9.90 Å². The smallest absolute Gasteiger partial charge is 0.300 e. The number of H-pyrrole nitrogens is 1. The van der Waals surface area contributed by atoms with Crippen molar-refractivity contribution in [3.05, 3.63) is 76.3 Å². The van der Waals surface area contributed by atoms with Crippen LogP contribution in [-0.2, 0) is 0 Å². The van der Waals surface area contributed by atoms with Crippen LogP contribution in [0, 0.1) is 6.92 Å². The van der Waals surface area contributed by atoms with Crippen LogP contribution < -0.4 is 9.84 Å². The molecule has 0 atom stereocenters. The van der Waals surface area contributed by atoms with Gasteiger partial charge in [-0.05, 0) is 53.8 Å². The SMILES string of the molecule is Cc1ccc(Oc2nc3cc(-c4ccccc4C(C)C)c(Cl)cc3[nH]2)cc1C(=O)[O-]. The number of rotatable bonds is 5. The molecule has 4 rings (SSSR count). The molecule has 5 nitrogen and oxygen atoms in total. The molecule has 0 bridgehead atoms. The van der Waals surface area contributed by atoms with Crippen molar-refractivity contribution in [2.24, 2.45) is 0 Å². The first kappa shape index (κ1) is 20.0. The standard InChI is InChI=1S/C24H21ClN2O3/c1-13(2)16-6-4-5-7-17(16)19-11-21-22(12-20(19)25)27-24(26-21)30-15-9-8-14(3)18(10-15)23(28)29/h4-13H,1-3H3,(H,26,27)(H,28,29)/p-1. The summed E-state index contributed by atoms with van der Waals surface area (Å²) < 4.78 is 5.76. The van der Waals surface area contributed by atoms with Crippen molar-refractivity contribution in [2.45, 2.75) is 26.7 Å². The number of aromatic carboxylic acids is 1. The number of hydrogen-bond donors (Lipinski definition) is 1. The first-order chi connectivity index (χ1) is 14.3. The topological polar surface area (TPSA) is 78.0 Å². The summed E-state index contributed by atoms with van der Waals surface area (Å²) in [7, 11) is 0. The zero-order chi connectivity index (χ0) is 21.4. The summed E-state index contributed by atoms with van der Waals surface area (Å²) in [6.07, 6.45) is 0. The molecule has 30 heavy (non-hydrogen) atoms. The van der Waals surface area contributed by atoms with Gasteiger partial charge in [-0.1, -0.05) is 55.8 Å². The number of nitrogens with zero attached hydrogens (tertiary/aromatic N) is 1. The Kier molecular flexibility index (Phi) is 5.22. The lowest BCUT2D eigenvalue weighted by Gasteiger charge is -2.14. The van der Waals surface area contributed by atoms with Crippen LogP contribution >= 0.6 is 11.6 Å². The Hall–Kier alpha value is -3.31. The molecule has 0 saturated heterocycles. The third kappa shape index (κ3) is 3.76. The van der Waals surface area contributed by atoms with Gasteiger partial charge < -0.3 is 19.6 Å². The van der Waals surface area contributed by atoms with Gasteiger partial charge in [-0.15, -0.1) is 0 Å². The molecule has 1 aromatic heterocycles. The van der Waals surface area contributed by atoms with Gasteiger partial charge in [0.2, 0.25) is 0 Å². The minimum Gasteiger partial charge on any atom is -0.545 e. The van der Waals surface area contributed by atoms with Crippen molar-refractivity contribution in [3.8, 4) is 22.9 Å². The van der Waals surface area contributed by atoms with E-state index < -0.39 is 5.97 Å². The van der Waals surface area contributed by atoms with Crippen LogP contribution in [0.3, 0.4) is 0 Å². The molecule has 4 aromatic rings. The second-order valence-corrected chi connectivity index (χ2v) is 7.91. The summed E-state index contributed by atoms with van der Waals surface area (Å²) in [6, 6.07) is 17.0. The fourth-order valence-electron chi connectivity index (χ4n) is 3.50. The van der Waals surface area contributed by atoms with Gasteiger partial charge in [0.25, 0.3) is 6.01 Å². The summed E-state index contributed by atoms with van der Waals surface area (Å²) in [4.78, 5) is 18.8. The fourth-order valence-corrected chi connectivity index (χ4v) is 3.77. The normalized spacial score (nSPS) is 11.2. The van der Waals surface area contributed by atoms with Crippen molar-refractivity contribution in [1.29, 1.82) is 0 Å². The average Bonchev–Trinajstić information content (AvgIpc) is 3.09. The number of imidazole rings is 1. The predicted octanol–water partition coefficient (Wildman–Crippen LogP) is 5.47. The second-order valence-electron chi connectivity index (χ2n) is 7.50. The molecule has 0 fully saturated rings. The molecule has 0 radical (unpaired) electrons. The molecule has 0 aliphatic heterocycles. The van der Waals surface area contributed by atoms with Crippen molar-refractivity contribution >= 4 is 28.6 Å². The van der Waals surface area contributed by atoms with Crippen LogP contribution in [0.4, 0.5) is 0 Å². The Bertz CT molecular complexity index is 1260. The number of carbonyl (C=O) groups is 1. The monoisotopic (exact) mass is 419 g/mol. The van der Waals surface area contributed by atoms with Crippen LogP contribution in [0.15, 0.2) is 54.6 Å². The molecule has 0 aliphatic carbocycles. The number of fused-ring (bicyclic) bond motifs is 1. The van der Waals surface area contributed by atoms with Crippen LogP contribution in [0.1, 0.15) is 41.3 Å². The lowest BCUT2D eigenvalue weighted by Crippen LogP contribution is -2.23. The van der Waals surface area contributed by atoms with E-state index >= 15 is 0 Å². The molecule has 3 aromatic carbocycles. The summed E-state index contributed by atoms with van der Waals surface area (Å²) in [5, 5.41) is 11.9. The maximum atomic E-state index is 11.2. The highest BCUT2D eigenvalue weighted by atomic mass is 35.5. The Morgan fingerprint density at radius 2 is 1.87 bits per heavy atom. The van der Waals surface area contributed by atoms with Gasteiger partial charge in [0.1, 0.15) is 5.75 Å². The lowest BCUT2D eigenvalue weighted by atomic mass is 9.92. The highest BCUT2D eigenvalue weighted by Gasteiger charge is 2.15. The Morgan fingerprint density at radius 3 is 2.60 bits per heavy atom. The van der Waals surface area contributed by atoms with Crippen LogP contribution in [0.25, 0.3) is 22.2 Å². The van der Waals surface area contributed by atoms with Gasteiger partial charge in [0.15, 0.2) is 0 Å². The van der Waals surface area contributed by atoms with Gasteiger partial charge in [-0.25, -0.2) is 0 Å². The summed E-state index contributed by atoms with van der Waals surface area (Å²) in [5.74, 6) is -0.538. The van der Waals surface area contributed by atoms with Gasteiger partial charge in [0.05, 0.1) is 22.0 Å². The van der Waals surface area contributed by atoms with Gasteiger partial charge in [-0.2, -0.15) is 4.98 Å². The number of hydrogen-bond acceptors (Lipinski definition) is 4. The third-order valence-electron chi connectivity index (χ3n) is 5.07. The minimum atomic E-state index is -1.25. The Morgan fingerprint density at radius 1 is 1.10 bits per heavy atom. The largest absolute Gasteiger partial charge is 0.545 e. The summed E-state index contributed by atoms with van der Waals surface area (Å²) >= 11 is 6.60. The van der Waals surface area contributed by atoms with E-state index in [0.29, 0.717) is 27.8 Å². The maximum Gasteiger partial charge on any atom is 0.300 e. The van der Waals surface area contributed by atoms with E-state index in [1.807, 2.05) is 24.3 Å². The zero-order valence-electron chi connectivity index (χ0n) is 16.8. The molecule has 0 amide bonds. The molecule has 0 unspecified atom stereocenters. The molecule has 0 spiro atoms. The number of carboxylic acids is 1. The van der Waals surface area contributed by atoms with E-state index in [1.54, 1.807) is 19.1 Å². The average molecular weight is 420 g/mol. The van der Waals surface area contributed by atoms with E-state index in [1.165, 1.54) is 11.6 Å². The Balaban J connectivity index is 1.73. The van der Waals surface area contributed by atoms with Crippen molar-refractivity contribution in [2.75, 3.05) is 0 Å². The number of ether oxygens (including phenoxy) is 1. The first-order valence-electron chi connectivity index (χ1n) is 9.62. The van der Waals surface area contributed by atoms with Crippen molar-refractivity contribution in [3.63, 3.8) is 0 Å². The second kappa shape index (κ2) is 7.84. The number of nitrogens with one attached hydrogen (secondary N) is 1. The maximum absolute atomic E-state index is 11.2. The summed E-state index contributed by atoms with van der Waals surface area (Å²) in [6.45, 7) is 6.00. The number of benzene rings is 3. The Labute approximate surface area is 179 Å². The van der Waals surface area contributed by atoms with E-state index in [2.05, 4.69) is 35.9 Å². The fraction of sp³-hybridized carbons (Fsp3) is 0.167. The number of carboxylic acid groups (broad SMARTS) is 1. The zero-order valence-corrected chi connectivity index (χ0v) is 17.6. The quantitative estimate of drug-likeness (QED) is 0.465. The van der Waals surface area contributed by atoms with Crippen molar-refractivity contribution < 1.29 is 14.6 Å². The molecule has 1 N–H and O–H groups in total. The molecule has 6 heteroatoms. The molecular weight excluding hydrogens is 400 g/mol. The van der Waals surface area contributed by atoms with Gasteiger partial charge >= 0.3 is 0 Å². The highest BCUT2D eigenvalue weighted by Crippen LogP contribution is 2.36. The number of carbonyl (C=O) groups excluding carboxylic acids is 1. The summed E-state index contributed by atoms with van der Waals surface area (Å²) in [5.41, 5.74) is 5.30. The number of aromatic nitrogens is 2. The molecule has 0 saturated carbocycles.